The predicted octanol–water partition coefficient (Wildman–Crippen LogP) is 5.98. The second kappa shape index (κ2) is 10.3. The lowest BCUT2D eigenvalue weighted by atomic mass is 9.74. The Morgan fingerprint density at radius 2 is 1.67 bits per heavy atom. The first-order valence-electron chi connectivity index (χ1n) is 6.86. The Morgan fingerprint density at radius 1 is 1.13 bits per heavy atom. The maximum atomic E-state index is 2.47. The Hall–Kier alpha value is -0.260. The fourth-order valence-corrected chi connectivity index (χ4v) is 1.97. The van der Waals surface area contributed by atoms with Gasteiger partial charge in [-0.25, -0.2) is 0 Å². The molecule has 0 heteroatoms. The number of rotatable bonds is 2. The average Bonchev–Trinajstić information content (AvgIpc) is 2.27. The number of hydrogen-bond acceptors (Lipinski definition) is 0. The van der Waals surface area contributed by atoms with Crippen LogP contribution in [0.15, 0.2) is 11.6 Å². The van der Waals surface area contributed by atoms with E-state index < -0.39 is 0 Å². The largest absolute Gasteiger partial charge is 0.0848 e. The van der Waals surface area contributed by atoms with E-state index in [1.165, 1.54) is 32.1 Å². The van der Waals surface area contributed by atoms with Crippen molar-refractivity contribution in [3.63, 3.8) is 0 Å². The molecular formula is C15H32. The molecule has 0 N–H and O–H groups in total. The van der Waals surface area contributed by atoms with Crippen molar-refractivity contribution < 1.29 is 0 Å². The van der Waals surface area contributed by atoms with Crippen LogP contribution in [0, 0.1) is 5.41 Å². The molecule has 0 nitrogen and oxygen atoms in total. The molecule has 0 radical (unpaired) electrons. The smallest absolute Gasteiger partial charge is 0.0145 e. The summed E-state index contributed by atoms with van der Waals surface area (Å²) in [6.07, 6.45) is 9.17. The van der Waals surface area contributed by atoms with Gasteiger partial charge >= 0.3 is 0 Å². The van der Waals surface area contributed by atoms with Crippen molar-refractivity contribution in [2.24, 2.45) is 5.41 Å². The highest BCUT2D eigenvalue weighted by atomic mass is 14.3. The van der Waals surface area contributed by atoms with Crippen LogP contribution in [0.25, 0.3) is 0 Å². The molecule has 1 aliphatic rings. The molecule has 1 aliphatic carbocycles. The first-order valence-corrected chi connectivity index (χ1v) is 6.86. The SMILES string of the molecule is CC.CC.CCCC1=CCCCC1(C)C. The molecule has 0 saturated carbocycles. The molecule has 0 heterocycles. The first kappa shape index (κ1) is 17.1. The normalized spacial score (nSPS) is 17.7. The van der Waals surface area contributed by atoms with Crippen LogP contribution in [0.5, 0.6) is 0 Å². The lowest BCUT2D eigenvalue weighted by molar-refractivity contribution is 0.362. The highest BCUT2D eigenvalue weighted by Crippen LogP contribution is 2.38. The van der Waals surface area contributed by atoms with Crippen molar-refractivity contribution in [1.82, 2.24) is 0 Å². The second-order valence-corrected chi connectivity index (χ2v) is 4.26. The van der Waals surface area contributed by atoms with Crippen LogP contribution < -0.4 is 0 Å². The quantitative estimate of drug-likeness (QED) is 0.494. The molecule has 0 aromatic rings. The molecule has 0 aromatic heterocycles. The lowest BCUT2D eigenvalue weighted by Crippen LogP contribution is -2.17. The molecule has 0 aliphatic heterocycles. The minimum Gasteiger partial charge on any atom is -0.0848 e. The number of allylic oxidation sites excluding steroid dienone is 2. The highest BCUT2D eigenvalue weighted by molar-refractivity contribution is 5.14. The van der Waals surface area contributed by atoms with Crippen molar-refractivity contribution in [3.8, 4) is 0 Å². The van der Waals surface area contributed by atoms with Gasteiger partial charge in [0.1, 0.15) is 0 Å². The maximum absolute atomic E-state index is 2.47. The Balaban J connectivity index is 0. The van der Waals surface area contributed by atoms with Gasteiger partial charge in [0.2, 0.25) is 0 Å². The molecule has 1 rings (SSSR count). The Labute approximate surface area is 98.2 Å². The van der Waals surface area contributed by atoms with E-state index in [0.29, 0.717) is 5.41 Å². The van der Waals surface area contributed by atoms with Crippen LogP contribution in [0.2, 0.25) is 0 Å². The molecule has 0 aromatic carbocycles. The second-order valence-electron chi connectivity index (χ2n) is 4.26. The van der Waals surface area contributed by atoms with Gasteiger partial charge in [0.25, 0.3) is 0 Å². The van der Waals surface area contributed by atoms with Gasteiger partial charge < -0.3 is 0 Å². The third kappa shape index (κ3) is 6.76. The zero-order valence-electron chi connectivity index (χ0n) is 12.1. The van der Waals surface area contributed by atoms with Gasteiger partial charge in [0.05, 0.1) is 0 Å². The standard InChI is InChI=1S/C11H20.2C2H6/c1-4-7-10-8-5-6-9-11(10,2)3;2*1-2/h8H,4-7,9H2,1-3H3;2*1-2H3. The van der Waals surface area contributed by atoms with Crippen molar-refractivity contribution >= 4 is 0 Å². The van der Waals surface area contributed by atoms with E-state index in [-0.39, 0.29) is 0 Å². The monoisotopic (exact) mass is 212 g/mol. The van der Waals surface area contributed by atoms with Crippen LogP contribution in [-0.4, -0.2) is 0 Å². The first-order chi connectivity index (χ1) is 7.17. The molecule has 0 spiro atoms. The van der Waals surface area contributed by atoms with E-state index in [1.54, 1.807) is 5.57 Å². The van der Waals surface area contributed by atoms with Crippen molar-refractivity contribution in [2.75, 3.05) is 0 Å². The van der Waals surface area contributed by atoms with Crippen LogP contribution >= 0.6 is 0 Å². The molecular weight excluding hydrogens is 180 g/mol. The van der Waals surface area contributed by atoms with E-state index in [2.05, 4.69) is 26.8 Å². The molecule has 0 saturated heterocycles. The minimum absolute atomic E-state index is 0.508. The number of hydrogen-bond donors (Lipinski definition) is 0. The van der Waals surface area contributed by atoms with E-state index >= 15 is 0 Å². The fraction of sp³-hybridized carbons (Fsp3) is 0.867. The summed E-state index contributed by atoms with van der Waals surface area (Å²) in [4.78, 5) is 0. The molecule has 0 unspecified atom stereocenters. The predicted molar refractivity (Wildman–Crippen MR) is 73.3 cm³/mol. The van der Waals surface area contributed by atoms with Gasteiger partial charge in [-0.05, 0) is 31.1 Å². The molecule has 92 valence electrons. The summed E-state index contributed by atoms with van der Waals surface area (Å²) in [5.74, 6) is 0. The molecule has 0 amide bonds. The molecule has 0 atom stereocenters. The Kier molecular flexibility index (Phi) is 11.7. The van der Waals surface area contributed by atoms with Gasteiger partial charge in [-0.2, -0.15) is 0 Å². The maximum Gasteiger partial charge on any atom is -0.0145 e. The van der Waals surface area contributed by atoms with Crippen molar-refractivity contribution in [2.45, 2.75) is 80.6 Å². The third-order valence-corrected chi connectivity index (χ3v) is 2.79. The van der Waals surface area contributed by atoms with E-state index in [4.69, 9.17) is 0 Å². The van der Waals surface area contributed by atoms with Gasteiger partial charge in [0.15, 0.2) is 0 Å². The summed E-state index contributed by atoms with van der Waals surface area (Å²) in [5, 5.41) is 0. The van der Waals surface area contributed by atoms with E-state index in [9.17, 15) is 0 Å². The van der Waals surface area contributed by atoms with Crippen LogP contribution in [0.1, 0.15) is 80.6 Å². The van der Waals surface area contributed by atoms with Gasteiger partial charge in [-0.3, -0.25) is 0 Å². The summed E-state index contributed by atoms with van der Waals surface area (Å²) in [5.41, 5.74) is 2.21. The van der Waals surface area contributed by atoms with Crippen molar-refractivity contribution in [3.05, 3.63) is 11.6 Å². The highest BCUT2D eigenvalue weighted by Gasteiger charge is 2.24. The Bertz CT molecular complexity index is 151. The van der Waals surface area contributed by atoms with Gasteiger partial charge in [-0.15, -0.1) is 0 Å². The van der Waals surface area contributed by atoms with Crippen molar-refractivity contribution in [1.29, 1.82) is 0 Å². The molecule has 0 fully saturated rings. The fourth-order valence-electron chi connectivity index (χ4n) is 1.97. The molecule has 15 heavy (non-hydrogen) atoms. The average molecular weight is 212 g/mol. The van der Waals surface area contributed by atoms with Gasteiger partial charge in [-0.1, -0.05) is 66.5 Å². The van der Waals surface area contributed by atoms with E-state index in [1.807, 2.05) is 27.7 Å². The molecule has 0 bridgehead atoms. The summed E-state index contributed by atoms with van der Waals surface area (Å²) < 4.78 is 0. The van der Waals surface area contributed by atoms with E-state index in [0.717, 1.165) is 0 Å². The third-order valence-electron chi connectivity index (χ3n) is 2.79. The summed E-state index contributed by atoms with van der Waals surface area (Å²) >= 11 is 0. The van der Waals surface area contributed by atoms with Gasteiger partial charge in [0, 0.05) is 0 Å². The zero-order chi connectivity index (χ0) is 12.3. The minimum atomic E-state index is 0.508. The Morgan fingerprint density at radius 3 is 2.07 bits per heavy atom. The van der Waals surface area contributed by atoms with Crippen LogP contribution in [0.4, 0.5) is 0 Å². The summed E-state index contributed by atoms with van der Waals surface area (Å²) in [7, 11) is 0. The topological polar surface area (TPSA) is 0 Å². The lowest BCUT2D eigenvalue weighted by Gasteiger charge is -2.31. The zero-order valence-corrected chi connectivity index (χ0v) is 12.1. The van der Waals surface area contributed by atoms with Crippen LogP contribution in [-0.2, 0) is 0 Å². The summed E-state index contributed by atoms with van der Waals surface area (Å²) in [6, 6.07) is 0. The van der Waals surface area contributed by atoms with Crippen LogP contribution in [0.3, 0.4) is 0 Å². The summed E-state index contributed by atoms with van der Waals surface area (Å²) in [6.45, 7) is 15.0.